The molecule has 0 aromatic heterocycles. The van der Waals surface area contributed by atoms with Gasteiger partial charge in [-0.15, -0.1) is 0 Å². The van der Waals surface area contributed by atoms with Crippen molar-refractivity contribution in [2.24, 2.45) is 33.0 Å². The first-order chi connectivity index (χ1) is 15.0. The lowest BCUT2D eigenvalue weighted by Crippen LogP contribution is -2.46. The lowest BCUT2D eigenvalue weighted by Gasteiger charge is -2.42. The summed E-state index contributed by atoms with van der Waals surface area (Å²) in [6, 6.07) is 0. The highest BCUT2D eigenvalue weighted by molar-refractivity contribution is 5.82. The van der Waals surface area contributed by atoms with E-state index < -0.39 is 34.2 Å². The van der Waals surface area contributed by atoms with Crippen molar-refractivity contribution in [2.45, 2.75) is 100 Å². The summed E-state index contributed by atoms with van der Waals surface area (Å²) in [5, 5.41) is 18.9. The van der Waals surface area contributed by atoms with Gasteiger partial charge >= 0.3 is 17.9 Å². The summed E-state index contributed by atoms with van der Waals surface area (Å²) in [6.07, 6.45) is 3.21. The van der Waals surface area contributed by atoms with Gasteiger partial charge in [-0.05, 0) is 77.6 Å². The molecule has 0 saturated heterocycles. The summed E-state index contributed by atoms with van der Waals surface area (Å²) >= 11 is 0. The zero-order chi connectivity index (χ0) is 25.5. The minimum Gasteiger partial charge on any atom is -0.481 e. The first kappa shape index (κ1) is 27.6. The molecular formula is C26H44O7. The first-order valence-corrected chi connectivity index (χ1v) is 12.2. The van der Waals surface area contributed by atoms with Crippen molar-refractivity contribution < 1.29 is 34.1 Å². The minimum absolute atomic E-state index is 0.0532. The van der Waals surface area contributed by atoms with Crippen LogP contribution >= 0.6 is 0 Å². The third kappa shape index (κ3) is 4.94. The number of rotatable bonds is 11. The van der Waals surface area contributed by atoms with Crippen LogP contribution in [0.5, 0.6) is 0 Å². The highest BCUT2D eigenvalue weighted by Crippen LogP contribution is 2.66. The predicted octanol–water partition coefficient (Wildman–Crippen LogP) is 4.59. The molecule has 2 saturated carbocycles. The normalized spacial score (nSPS) is 29.7. The SMILES string of the molecule is CCC(C)(CC(C)(CC(C)(C)C(=O)OCCO)C(=O)OC1CC2CCC1(C)C2(C)C)C(=O)O. The Balaban J connectivity index is 2.35. The van der Waals surface area contributed by atoms with Crippen molar-refractivity contribution in [3.05, 3.63) is 0 Å². The fourth-order valence-electron chi connectivity index (χ4n) is 6.38. The molecule has 190 valence electrons. The van der Waals surface area contributed by atoms with Crippen LogP contribution in [0.1, 0.15) is 93.9 Å². The van der Waals surface area contributed by atoms with Crippen molar-refractivity contribution in [1.82, 2.24) is 0 Å². The number of carboxylic acid groups (broad SMARTS) is 1. The van der Waals surface area contributed by atoms with Gasteiger partial charge in [-0.1, -0.05) is 27.7 Å². The number of hydrogen-bond acceptors (Lipinski definition) is 6. The topological polar surface area (TPSA) is 110 Å². The van der Waals surface area contributed by atoms with Gasteiger partial charge in [0.25, 0.3) is 0 Å². The van der Waals surface area contributed by atoms with Crippen LogP contribution in [0.3, 0.4) is 0 Å². The van der Waals surface area contributed by atoms with Crippen molar-refractivity contribution in [1.29, 1.82) is 0 Å². The molecule has 5 unspecified atom stereocenters. The fourth-order valence-corrected chi connectivity index (χ4v) is 6.38. The average Bonchev–Trinajstić information content (AvgIpc) is 3.04. The molecule has 0 aromatic carbocycles. The van der Waals surface area contributed by atoms with Gasteiger partial charge in [0.05, 0.1) is 22.9 Å². The molecule has 0 aliphatic heterocycles. The van der Waals surface area contributed by atoms with Gasteiger partial charge in [0.15, 0.2) is 0 Å². The summed E-state index contributed by atoms with van der Waals surface area (Å²) in [4.78, 5) is 38.6. The largest absolute Gasteiger partial charge is 0.481 e. The Morgan fingerprint density at radius 2 is 1.61 bits per heavy atom. The monoisotopic (exact) mass is 468 g/mol. The van der Waals surface area contributed by atoms with E-state index in [4.69, 9.17) is 14.6 Å². The van der Waals surface area contributed by atoms with Crippen molar-refractivity contribution in [2.75, 3.05) is 13.2 Å². The van der Waals surface area contributed by atoms with Crippen LogP contribution in [-0.2, 0) is 23.9 Å². The Bertz CT molecular complexity index is 773. The van der Waals surface area contributed by atoms with Crippen LogP contribution in [0.25, 0.3) is 0 Å². The molecular weight excluding hydrogens is 424 g/mol. The zero-order valence-corrected chi connectivity index (χ0v) is 21.7. The number of aliphatic hydroxyl groups is 1. The maximum atomic E-state index is 13.8. The van der Waals surface area contributed by atoms with Gasteiger partial charge in [-0.25, -0.2) is 0 Å². The zero-order valence-electron chi connectivity index (χ0n) is 21.7. The fraction of sp³-hybridized carbons (Fsp3) is 0.885. The molecule has 0 radical (unpaired) electrons. The standard InChI is InChI=1S/C26H44O7/c1-9-24(6,19(28)29)16-25(7,15-22(2,3)20(30)32-13-12-27)21(31)33-18-14-17-10-11-26(18,8)23(17,4)5/h17-18,27H,9-16H2,1-8H3,(H,28,29). The molecule has 7 heteroatoms. The highest BCUT2D eigenvalue weighted by atomic mass is 16.5. The van der Waals surface area contributed by atoms with E-state index in [1.54, 1.807) is 34.6 Å². The lowest BCUT2D eigenvalue weighted by atomic mass is 9.65. The Morgan fingerprint density at radius 3 is 2.03 bits per heavy atom. The van der Waals surface area contributed by atoms with Crippen LogP contribution < -0.4 is 0 Å². The minimum atomic E-state index is -1.20. The van der Waals surface area contributed by atoms with E-state index in [0.717, 1.165) is 19.3 Å². The predicted molar refractivity (Wildman–Crippen MR) is 124 cm³/mol. The van der Waals surface area contributed by atoms with Crippen molar-refractivity contribution >= 4 is 17.9 Å². The number of carbonyl (C=O) groups excluding carboxylic acids is 2. The molecule has 33 heavy (non-hydrogen) atoms. The third-order valence-corrected chi connectivity index (χ3v) is 9.24. The number of fused-ring (bicyclic) bond motifs is 2. The molecule has 2 aliphatic carbocycles. The molecule has 7 nitrogen and oxygen atoms in total. The maximum Gasteiger partial charge on any atom is 0.312 e. The van der Waals surface area contributed by atoms with E-state index in [-0.39, 0.29) is 43.0 Å². The van der Waals surface area contributed by atoms with Crippen molar-refractivity contribution in [3.63, 3.8) is 0 Å². The van der Waals surface area contributed by atoms with Gasteiger partial charge in [0, 0.05) is 5.41 Å². The quantitative estimate of drug-likeness (QED) is 0.427. The van der Waals surface area contributed by atoms with Gasteiger partial charge < -0.3 is 19.7 Å². The van der Waals surface area contributed by atoms with Crippen molar-refractivity contribution in [3.8, 4) is 0 Å². The van der Waals surface area contributed by atoms with Crippen LogP contribution in [0.2, 0.25) is 0 Å². The summed E-state index contributed by atoms with van der Waals surface area (Å²) in [7, 11) is 0. The van der Waals surface area contributed by atoms with Gasteiger partial charge in [-0.3, -0.25) is 14.4 Å². The molecule has 2 N–H and O–H groups in total. The summed E-state index contributed by atoms with van der Waals surface area (Å²) in [6.45, 7) is 14.8. The molecule has 0 spiro atoms. The lowest BCUT2D eigenvalue weighted by molar-refractivity contribution is -0.176. The Hall–Kier alpha value is -1.63. The molecule has 5 atom stereocenters. The van der Waals surface area contributed by atoms with Crippen LogP contribution in [0.15, 0.2) is 0 Å². The summed E-state index contributed by atoms with van der Waals surface area (Å²) in [5.74, 6) is -1.45. The molecule has 0 heterocycles. The second-order valence-corrected chi connectivity index (χ2v) is 12.4. The Kier molecular flexibility index (Phi) is 7.70. The second-order valence-electron chi connectivity index (χ2n) is 12.4. The number of esters is 2. The van der Waals surface area contributed by atoms with E-state index in [1.165, 1.54) is 0 Å². The number of carboxylic acids is 1. The van der Waals surface area contributed by atoms with Crippen LogP contribution in [-0.4, -0.2) is 47.4 Å². The Labute approximate surface area is 198 Å². The van der Waals surface area contributed by atoms with Gasteiger partial charge in [0.2, 0.25) is 0 Å². The molecule has 2 aliphatic rings. The first-order valence-electron chi connectivity index (χ1n) is 12.2. The molecule has 0 amide bonds. The van der Waals surface area contributed by atoms with E-state index in [2.05, 4.69) is 20.8 Å². The molecule has 2 rings (SSSR count). The van der Waals surface area contributed by atoms with Gasteiger partial charge in [-0.2, -0.15) is 0 Å². The molecule has 2 fully saturated rings. The third-order valence-electron chi connectivity index (χ3n) is 9.24. The highest BCUT2D eigenvalue weighted by Gasteiger charge is 2.63. The second kappa shape index (κ2) is 9.20. The number of aliphatic carboxylic acids is 1. The number of ether oxygens (including phenoxy) is 2. The number of aliphatic hydroxyl groups excluding tert-OH is 1. The number of carbonyl (C=O) groups is 3. The number of hydrogen-bond donors (Lipinski definition) is 2. The van der Waals surface area contributed by atoms with E-state index in [0.29, 0.717) is 12.3 Å². The Morgan fingerprint density at radius 1 is 1.00 bits per heavy atom. The molecule has 2 bridgehead atoms. The maximum absolute atomic E-state index is 13.8. The van der Waals surface area contributed by atoms with Crippen LogP contribution in [0, 0.1) is 33.0 Å². The van der Waals surface area contributed by atoms with E-state index in [9.17, 15) is 19.5 Å². The smallest absolute Gasteiger partial charge is 0.312 e. The van der Waals surface area contributed by atoms with E-state index in [1.807, 2.05) is 0 Å². The summed E-state index contributed by atoms with van der Waals surface area (Å²) < 4.78 is 11.3. The molecule has 0 aromatic rings. The summed E-state index contributed by atoms with van der Waals surface area (Å²) in [5.41, 5.74) is -3.46. The average molecular weight is 469 g/mol. The van der Waals surface area contributed by atoms with E-state index >= 15 is 0 Å². The van der Waals surface area contributed by atoms with Gasteiger partial charge in [0.1, 0.15) is 12.7 Å². The van der Waals surface area contributed by atoms with Crippen LogP contribution in [0.4, 0.5) is 0 Å².